The van der Waals surface area contributed by atoms with Crippen LogP contribution in [0, 0.1) is 0 Å². The molecule has 3 aromatic rings. The highest BCUT2D eigenvalue weighted by Gasteiger charge is 2.24. The molecule has 3 rings (SSSR count). The van der Waals surface area contributed by atoms with Crippen molar-refractivity contribution in [2.24, 2.45) is 0 Å². The van der Waals surface area contributed by atoms with Crippen molar-refractivity contribution in [2.75, 3.05) is 5.32 Å². The fourth-order valence-electron chi connectivity index (χ4n) is 2.58. The Balaban J connectivity index is 2.10. The quantitative estimate of drug-likeness (QED) is 0.396. The number of anilines is 1. The standard InChI is InChI=1S/C18H11Cl4NO2/c19-14-11(8-24)13(15(20)17(22)16(14)21)18(25)23-12-7-3-5-9-4-1-2-6-10(9)12/h1-7,24H,8H2,(H,23,25). The van der Waals surface area contributed by atoms with Gasteiger partial charge in [-0.15, -0.1) is 0 Å². The summed E-state index contributed by atoms with van der Waals surface area (Å²) >= 11 is 24.3. The minimum absolute atomic E-state index is 0.000839. The van der Waals surface area contributed by atoms with Crippen LogP contribution in [-0.4, -0.2) is 11.0 Å². The number of amides is 1. The van der Waals surface area contributed by atoms with E-state index in [1.54, 1.807) is 6.07 Å². The molecule has 128 valence electrons. The summed E-state index contributed by atoms with van der Waals surface area (Å²) in [6, 6.07) is 13.1. The molecule has 0 bridgehead atoms. The van der Waals surface area contributed by atoms with Crippen molar-refractivity contribution in [1.82, 2.24) is 0 Å². The first-order valence-corrected chi connectivity index (χ1v) is 8.71. The van der Waals surface area contributed by atoms with Crippen molar-refractivity contribution in [3.8, 4) is 0 Å². The summed E-state index contributed by atoms with van der Waals surface area (Å²) in [5.74, 6) is -0.536. The highest BCUT2D eigenvalue weighted by molar-refractivity contribution is 6.53. The van der Waals surface area contributed by atoms with Gasteiger partial charge in [0.1, 0.15) is 0 Å². The SMILES string of the molecule is O=C(Nc1cccc2ccccc12)c1c(Cl)c(Cl)c(Cl)c(Cl)c1CO. The number of halogens is 4. The van der Waals surface area contributed by atoms with Gasteiger partial charge in [0, 0.05) is 16.6 Å². The van der Waals surface area contributed by atoms with Crippen molar-refractivity contribution in [1.29, 1.82) is 0 Å². The minimum atomic E-state index is -0.536. The maximum atomic E-state index is 12.8. The molecule has 0 heterocycles. The molecule has 0 radical (unpaired) electrons. The van der Waals surface area contributed by atoms with E-state index in [4.69, 9.17) is 46.4 Å². The molecule has 0 aliphatic carbocycles. The monoisotopic (exact) mass is 413 g/mol. The molecule has 7 heteroatoms. The third-order valence-electron chi connectivity index (χ3n) is 3.79. The zero-order valence-electron chi connectivity index (χ0n) is 12.6. The predicted molar refractivity (Wildman–Crippen MR) is 104 cm³/mol. The Hall–Kier alpha value is -1.49. The second-order valence-corrected chi connectivity index (χ2v) is 6.76. The number of aliphatic hydroxyl groups excluding tert-OH is 1. The van der Waals surface area contributed by atoms with Crippen LogP contribution in [0.3, 0.4) is 0 Å². The topological polar surface area (TPSA) is 49.3 Å². The molecule has 0 atom stereocenters. The summed E-state index contributed by atoms with van der Waals surface area (Å²) in [6.07, 6.45) is 0. The van der Waals surface area contributed by atoms with Gasteiger partial charge in [-0.3, -0.25) is 4.79 Å². The molecule has 2 N–H and O–H groups in total. The molecule has 0 aliphatic heterocycles. The van der Waals surface area contributed by atoms with Crippen molar-refractivity contribution < 1.29 is 9.90 Å². The molecular weight excluding hydrogens is 404 g/mol. The number of benzene rings is 3. The Morgan fingerprint density at radius 2 is 1.52 bits per heavy atom. The fourth-order valence-corrected chi connectivity index (χ4v) is 3.62. The van der Waals surface area contributed by atoms with Gasteiger partial charge in [0.2, 0.25) is 0 Å². The number of carbonyl (C=O) groups is 1. The van der Waals surface area contributed by atoms with Gasteiger partial charge in [0.15, 0.2) is 0 Å². The first kappa shape index (κ1) is 18.3. The molecule has 0 saturated carbocycles. The molecule has 1 amide bonds. The molecule has 25 heavy (non-hydrogen) atoms. The second-order valence-electron chi connectivity index (χ2n) is 5.25. The van der Waals surface area contributed by atoms with Crippen LogP contribution >= 0.6 is 46.4 Å². The summed E-state index contributed by atoms with van der Waals surface area (Å²) in [6.45, 7) is -0.506. The van der Waals surface area contributed by atoms with E-state index in [9.17, 15) is 9.90 Å². The van der Waals surface area contributed by atoms with Gasteiger partial charge in [-0.25, -0.2) is 0 Å². The van der Waals surface area contributed by atoms with Crippen molar-refractivity contribution in [3.05, 3.63) is 73.7 Å². The maximum absolute atomic E-state index is 12.8. The second kappa shape index (κ2) is 7.40. The number of hydrogen-bond donors (Lipinski definition) is 2. The van der Waals surface area contributed by atoms with Crippen LogP contribution < -0.4 is 5.32 Å². The summed E-state index contributed by atoms with van der Waals surface area (Å²) < 4.78 is 0. The smallest absolute Gasteiger partial charge is 0.257 e. The number of fused-ring (bicyclic) bond motifs is 1. The first-order valence-electron chi connectivity index (χ1n) is 7.20. The van der Waals surface area contributed by atoms with Crippen LogP contribution in [0.2, 0.25) is 20.1 Å². The number of rotatable bonds is 3. The van der Waals surface area contributed by atoms with E-state index in [1.807, 2.05) is 36.4 Å². The van der Waals surface area contributed by atoms with E-state index in [0.717, 1.165) is 10.8 Å². The lowest BCUT2D eigenvalue weighted by atomic mass is 10.1. The zero-order chi connectivity index (χ0) is 18.1. The summed E-state index contributed by atoms with van der Waals surface area (Å²) in [7, 11) is 0. The van der Waals surface area contributed by atoms with Crippen LogP contribution in [0.5, 0.6) is 0 Å². The molecule has 0 aliphatic rings. The van der Waals surface area contributed by atoms with E-state index in [0.29, 0.717) is 5.69 Å². The molecule has 0 unspecified atom stereocenters. The third kappa shape index (κ3) is 3.31. The molecule has 0 spiro atoms. The largest absolute Gasteiger partial charge is 0.392 e. The minimum Gasteiger partial charge on any atom is -0.392 e. The van der Waals surface area contributed by atoms with Crippen LogP contribution in [0.25, 0.3) is 10.8 Å². The van der Waals surface area contributed by atoms with Crippen LogP contribution in [0.4, 0.5) is 5.69 Å². The molecule has 3 aromatic carbocycles. The van der Waals surface area contributed by atoms with Gasteiger partial charge in [-0.1, -0.05) is 82.8 Å². The average Bonchev–Trinajstić information content (AvgIpc) is 2.63. The Bertz CT molecular complexity index is 983. The van der Waals surface area contributed by atoms with Crippen LogP contribution in [-0.2, 0) is 6.61 Å². The van der Waals surface area contributed by atoms with Crippen molar-refractivity contribution >= 4 is 68.8 Å². The van der Waals surface area contributed by atoms with Gasteiger partial charge < -0.3 is 10.4 Å². The fraction of sp³-hybridized carbons (Fsp3) is 0.0556. The van der Waals surface area contributed by atoms with Gasteiger partial charge in [-0.2, -0.15) is 0 Å². The zero-order valence-corrected chi connectivity index (χ0v) is 15.6. The lowest BCUT2D eigenvalue weighted by Crippen LogP contribution is -2.16. The lowest BCUT2D eigenvalue weighted by Gasteiger charge is -2.15. The molecule has 0 fully saturated rings. The van der Waals surface area contributed by atoms with E-state index in [-0.39, 0.29) is 31.2 Å². The Labute approximate surface area is 164 Å². The van der Waals surface area contributed by atoms with E-state index >= 15 is 0 Å². The number of nitrogens with one attached hydrogen (secondary N) is 1. The van der Waals surface area contributed by atoms with E-state index < -0.39 is 12.5 Å². The number of hydrogen-bond acceptors (Lipinski definition) is 2. The van der Waals surface area contributed by atoms with Crippen LogP contribution in [0.1, 0.15) is 15.9 Å². The van der Waals surface area contributed by atoms with E-state index in [1.165, 1.54) is 0 Å². The summed E-state index contributed by atoms with van der Waals surface area (Å²) in [5, 5.41) is 14.1. The molecule has 0 aromatic heterocycles. The Kier molecular flexibility index (Phi) is 5.42. The summed E-state index contributed by atoms with van der Waals surface area (Å²) in [5.41, 5.74) is 0.723. The normalized spacial score (nSPS) is 10.9. The number of carbonyl (C=O) groups excluding carboxylic acids is 1. The van der Waals surface area contributed by atoms with Crippen molar-refractivity contribution in [2.45, 2.75) is 6.61 Å². The maximum Gasteiger partial charge on any atom is 0.257 e. The van der Waals surface area contributed by atoms with E-state index in [2.05, 4.69) is 5.32 Å². The highest BCUT2D eigenvalue weighted by atomic mass is 35.5. The average molecular weight is 415 g/mol. The molecule has 0 saturated heterocycles. The Morgan fingerprint density at radius 3 is 2.24 bits per heavy atom. The van der Waals surface area contributed by atoms with Gasteiger partial charge in [0.05, 0.1) is 32.3 Å². The predicted octanol–water partition coefficient (Wildman–Crippen LogP) is 6.20. The van der Waals surface area contributed by atoms with Crippen molar-refractivity contribution in [3.63, 3.8) is 0 Å². The molecular formula is C18H11Cl4NO2. The highest BCUT2D eigenvalue weighted by Crippen LogP contribution is 2.42. The lowest BCUT2D eigenvalue weighted by molar-refractivity contribution is 0.102. The third-order valence-corrected chi connectivity index (χ3v) is 5.63. The van der Waals surface area contributed by atoms with Gasteiger partial charge in [-0.05, 0) is 11.5 Å². The number of aliphatic hydroxyl groups is 1. The molecule has 3 nitrogen and oxygen atoms in total. The van der Waals surface area contributed by atoms with Gasteiger partial charge in [0.25, 0.3) is 5.91 Å². The van der Waals surface area contributed by atoms with Crippen LogP contribution in [0.15, 0.2) is 42.5 Å². The Morgan fingerprint density at radius 1 is 0.880 bits per heavy atom. The first-order chi connectivity index (χ1) is 12.0. The van der Waals surface area contributed by atoms with Gasteiger partial charge >= 0.3 is 0 Å². The summed E-state index contributed by atoms with van der Waals surface area (Å²) in [4.78, 5) is 12.8.